The van der Waals surface area contributed by atoms with E-state index in [1.165, 1.54) is 18.2 Å². The zero-order valence-corrected chi connectivity index (χ0v) is 11.9. The lowest BCUT2D eigenvalue weighted by atomic mass is 10.1. The lowest BCUT2D eigenvalue weighted by molar-refractivity contribution is -0.115. The molecule has 1 amide bonds. The Hall–Kier alpha value is -2.38. The Morgan fingerprint density at radius 1 is 1.05 bits per heavy atom. The van der Waals surface area contributed by atoms with Gasteiger partial charge in [-0.15, -0.1) is 0 Å². The van der Waals surface area contributed by atoms with Gasteiger partial charge in [0, 0.05) is 5.69 Å². The Bertz CT molecular complexity index is 755. The summed E-state index contributed by atoms with van der Waals surface area (Å²) < 4.78 is 22.9. The molecule has 0 saturated heterocycles. The third-order valence-electron chi connectivity index (χ3n) is 2.81. The Morgan fingerprint density at radius 2 is 1.67 bits per heavy atom. The molecule has 2 rings (SSSR count). The number of primary sulfonamides is 1. The summed E-state index contributed by atoms with van der Waals surface area (Å²) in [6.45, 7) is 0. The minimum Gasteiger partial charge on any atom is -0.399 e. The van der Waals surface area contributed by atoms with Crippen LogP contribution in [0.25, 0.3) is 0 Å². The number of hydrogen-bond donors (Lipinski definition) is 3. The standard InChI is InChI=1S/C14H15N3O3S/c15-11-7-5-10(6-8-11)9-14(18)17-12-3-1-2-4-13(12)21(16,19)20/h1-8H,9,15H2,(H,17,18)(H2,16,19,20). The second-order valence-corrected chi connectivity index (χ2v) is 6.04. The third-order valence-corrected chi connectivity index (χ3v) is 3.78. The van der Waals surface area contributed by atoms with Gasteiger partial charge in [-0.2, -0.15) is 0 Å². The molecular weight excluding hydrogens is 290 g/mol. The number of sulfonamides is 1. The summed E-state index contributed by atoms with van der Waals surface area (Å²) in [4.78, 5) is 11.9. The highest BCUT2D eigenvalue weighted by atomic mass is 32.2. The SMILES string of the molecule is Nc1ccc(CC(=O)Nc2ccccc2S(N)(=O)=O)cc1. The van der Waals surface area contributed by atoms with Gasteiger partial charge >= 0.3 is 0 Å². The molecule has 6 nitrogen and oxygen atoms in total. The van der Waals surface area contributed by atoms with Gasteiger partial charge in [-0.25, -0.2) is 13.6 Å². The quantitative estimate of drug-likeness (QED) is 0.733. The van der Waals surface area contributed by atoms with E-state index in [1.807, 2.05) is 0 Å². The van der Waals surface area contributed by atoms with Gasteiger partial charge in [0.1, 0.15) is 4.90 Å². The summed E-state index contributed by atoms with van der Waals surface area (Å²) >= 11 is 0. The van der Waals surface area contributed by atoms with E-state index in [4.69, 9.17) is 10.9 Å². The number of para-hydroxylation sites is 1. The van der Waals surface area contributed by atoms with Crippen molar-refractivity contribution >= 4 is 27.3 Å². The van der Waals surface area contributed by atoms with Crippen molar-refractivity contribution < 1.29 is 13.2 Å². The van der Waals surface area contributed by atoms with E-state index in [-0.39, 0.29) is 22.9 Å². The van der Waals surface area contributed by atoms with E-state index in [0.29, 0.717) is 5.69 Å². The normalized spacial score (nSPS) is 11.1. The van der Waals surface area contributed by atoms with Gasteiger partial charge in [0.25, 0.3) is 0 Å². The van der Waals surface area contributed by atoms with Crippen molar-refractivity contribution in [3.8, 4) is 0 Å². The van der Waals surface area contributed by atoms with E-state index in [9.17, 15) is 13.2 Å². The van der Waals surface area contributed by atoms with Crippen molar-refractivity contribution in [3.63, 3.8) is 0 Å². The van der Waals surface area contributed by atoms with Crippen molar-refractivity contribution in [3.05, 3.63) is 54.1 Å². The fourth-order valence-electron chi connectivity index (χ4n) is 1.83. The van der Waals surface area contributed by atoms with E-state index < -0.39 is 10.0 Å². The summed E-state index contributed by atoms with van der Waals surface area (Å²) in [7, 11) is -3.89. The number of amides is 1. The summed E-state index contributed by atoms with van der Waals surface area (Å²) in [5.41, 5.74) is 7.12. The number of nitrogen functional groups attached to an aromatic ring is 1. The lowest BCUT2D eigenvalue weighted by Gasteiger charge is -2.09. The molecule has 0 aliphatic carbocycles. The average Bonchev–Trinajstić information content (AvgIpc) is 2.41. The van der Waals surface area contributed by atoms with Gasteiger partial charge in [-0.1, -0.05) is 24.3 Å². The molecule has 0 heterocycles. The van der Waals surface area contributed by atoms with Crippen LogP contribution in [-0.2, 0) is 21.2 Å². The van der Waals surface area contributed by atoms with Crippen LogP contribution in [0.15, 0.2) is 53.4 Å². The molecule has 21 heavy (non-hydrogen) atoms. The molecule has 0 bridgehead atoms. The predicted molar refractivity (Wildman–Crippen MR) is 81.0 cm³/mol. The molecule has 0 aliphatic heterocycles. The van der Waals surface area contributed by atoms with Crippen LogP contribution in [0.4, 0.5) is 11.4 Å². The predicted octanol–water partition coefficient (Wildman–Crippen LogP) is 1.10. The summed E-state index contributed by atoms with van der Waals surface area (Å²) in [5.74, 6) is -0.337. The van der Waals surface area contributed by atoms with Gasteiger partial charge in [0.05, 0.1) is 12.1 Å². The maximum Gasteiger partial charge on any atom is 0.240 e. The highest BCUT2D eigenvalue weighted by molar-refractivity contribution is 7.89. The Morgan fingerprint density at radius 3 is 2.29 bits per heavy atom. The highest BCUT2D eigenvalue weighted by Gasteiger charge is 2.15. The minimum absolute atomic E-state index is 0.110. The molecule has 7 heteroatoms. The first-order valence-electron chi connectivity index (χ1n) is 6.12. The molecule has 0 unspecified atom stereocenters. The first kappa shape index (κ1) is 15.0. The van der Waals surface area contributed by atoms with E-state index >= 15 is 0 Å². The Labute approximate surface area is 122 Å². The van der Waals surface area contributed by atoms with Crippen LogP contribution in [0.2, 0.25) is 0 Å². The van der Waals surface area contributed by atoms with Gasteiger partial charge in [-0.3, -0.25) is 4.79 Å². The minimum atomic E-state index is -3.89. The number of carbonyl (C=O) groups excluding carboxylic acids is 1. The maximum atomic E-state index is 12.0. The maximum absolute atomic E-state index is 12.0. The number of carbonyl (C=O) groups is 1. The van der Waals surface area contributed by atoms with Gasteiger partial charge < -0.3 is 11.1 Å². The monoisotopic (exact) mass is 305 g/mol. The molecule has 5 N–H and O–H groups in total. The number of rotatable bonds is 4. The molecular formula is C14H15N3O3S. The van der Waals surface area contributed by atoms with Crippen LogP contribution in [0.3, 0.4) is 0 Å². The van der Waals surface area contributed by atoms with Crippen LogP contribution >= 0.6 is 0 Å². The molecule has 0 radical (unpaired) electrons. The number of nitrogens with one attached hydrogen (secondary N) is 1. The molecule has 0 atom stereocenters. The van der Waals surface area contributed by atoms with Crippen LogP contribution in [0.1, 0.15) is 5.56 Å². The fourth-order valence-corrected chi connectivity index (χ4v) is 2.53. The zero-order valence-electron chi connectivity index (χ0n) is 11.1. The van der Waals surface area contributed by atoms with Crippen molar-refractivity contribution in [2.75, 3.05) is 11.1 Å². The largest absolute Gasteiger partial charge is 0.399 e. The fraction of sp³-hybridized carbons (Fsp3) is 0.0714. The van der Waals surface area contributed by atoms with Crippen molar-refractivity contribution in [2.45, 2.75) is 11.3 Å². The molecule has 0 saturated carbocycles. The molecule has 0 aromatic heterocycles. The van der Waals surface area contributed by atoms with Crippen LogP contribution in [0, 0.1) is 0 Å². The first-order valence-corrected chi connectivity index (χ1v) is 7.67. The topological polar surface area (TPSA) is 115 Å². The Balaban J connectivity index is 2.15. The number of anilines is 2. The lowest BCUT2D eigenvalue weighted by Crippen LogP contribution is -2.19. The number of benzene rings is 2. The Kier molecular flexibility index (Phi) is 4.25. The van der Waals surface area contributed by atoms with Crippen LogP contribution in [-0.4, -0.2) is 14.3 Å². The molecule has 0 aliphatic rings. The smallest absolute Gasteiger partial charge is 0.240 e. The van der Waals surface area contributed by atoms with Crippen LogP contribution in [0.5, 0.6) is 0 Å². The van der Waals surface area contributed by atoms with Crippen molar-refractivity contribution in [1.29, 1.82) is 0 Å². The zero-order chi connectivity index (χ0) is 15.5. The van der Waals surface area contributed by atoms with Crippen molar-refractivity contribution in [2.24, 2.45) is 5.14 Å². The van der Waals surface area contributed by atoms with Crippen LogP contribution < -0.4 is 16.2 Å². The summed E-state index contributed by atoms with van der Waals surface area (Å²) in [6, 6.07) is 12.8. The average molecular weight is 305 g/mol. The first-order chi connectivity index (χ1) is 9.86. The van der Waals surface area contributed by atoms with E-state index in [2.05, 4.69) is 5.32 Å². The molecule has 2 aromatic rings. The van der Waals surface area contributed by atoms with Gasteiger partial charge in [-0.05, 0) is 29.8 Å². The molecule has 0 spiro atoms. The number of nitrogens with two attached hydrogens (primary N) is 2. The third kappa shape index (κ3) is 4.04. The van der Waals surface area contributed by atoms with Gasteiger partial charge in [0.2, 0.25) is 15.9 Å². The second-order valence-electron chi connectivity index (χ2n) is 4.51. The van der Waals surface area contributed by atoms with E-state index in [0.717, 1.165) is 5.56 Å². The van der Waals surface area contributed by atoms with Gasteiger partial charge in [0.15, 0.2) is 0 Å². The summed E-state index contributed by atoms with van der Waals surface area (Å²) in [6.07, 6.45) is 0.110. The highest BCUT2D eigenvalue weighted by Crippen LogP contribution is 2.19. The molecule has 110 valence electrons. The van der Waals surface area contributed by atoms with E-state index in [1.54, 1.807) is 30.3 Å². The number of hydrogen-bond acceptors (Lipinski definition) is 4. The molecule has 0 fully saturated rings. The molecule has 2 aromatic carbocycles. The second kappa shape index (κ2) is 5.94. The summed E-state index contributed by atoms with van der Waals surface area (Å²) in [5, 5.41) is 7.66. The van der Waals surface area contributed by atoms with Crippen molar-refractivity contribution in [1.82, 2.24) is 0 Å².